The Morgan fingerprint density at radius 2 is 1.35 bits per heavy atom. The second-order valence-corrected chi connectivity index (χ2v) is 6.05. The lowest BCUT2D eigenvalue weighted by Crippen LogP contribution is -2.50. The zero-order valence-corrected chi connectivity index (χ0v) is 13.2. The number of ether oxygens (including phenoxy) is 2. The number of benzene rings is 1. The molecule has 2 aliphatic rings. The first-order chi connectivity index (χ1) is 9.86. The minimum atomic E-state index is 0.318. The fourth-order valence-electron chi connectivity index (χ4n) is 2.95. The molecule has 0 bridgehead atoms. The predicted octanol–water partition coefficient (Wildman–Crippen LogP) is 2.11. The van der Waals surface area contributed by atoms with E-state index in [1.165, 1.54) is 10.0 Å². The Morgan fingerprint density at radius 3 is 1.85 bits per heavy atom. The van der Waals surface area contributed by atoms with Crippen LogP contribution in [0.25, 0.3) is 0 Å². The molecule has 3 rings (SSSR count). The molecule has 2 heterocycles. The quantitative estimate of drug-likeness (QED) is 0.841. The predicted molar refractivity (Wildman–Crippen MR) is 81.7 cm³/mol. The molecule has 5 heteroatoms. The molecule has 0 spiro atoms. The van der Waals surface area contributed by atoms with Crippen LogP contribution in [-0.4, -0.2) is 62.4 Å². The maximum absolute atomic E-state index is 5.51. The van der Waals surface area contributed by atoms with Crippen LogP contribution in [0, 0.1) is 0 Å². The second-order valence-electron chi connectivity index (χ2n) is 5.19. The average molecular weight is 341 g/mol. The van der Waals surface area contributed by atoms with Crippen molar-refractivity contribution in [3.63, 3.8) is 0 Å². The van der Waals surface area contributed by atoms with Crippen molar-refractivity contribution >= 4 is 15.9 Å². The largest absolute Gasteiger partial charge is 0.379 e. The molecule has 0 aromatic heterocycles. The molecule has 0 N–H and O–H groups in total. The molecule has 0 saturated carbocycles. The number of morpholine rings is 2. The van der Waals surface area contributed by atoms with Gasteiger partial charge in [-0.2, -0.15) is 0 Å². The molecule has 1 aromatic rings. The summed E-state index contributed by atoms with van der Waals surface area (Å²) >= 11 is 3.71. The molecule has 110 valence electrons. The highest BCUT2D eigenvalue weighted by Gasteiger charge is 2.30. The van der Waals surface area contributed by atoms with Crippen LogP contribution < -0.4 is 0 Å². The Morgan fingerprint density at radius 1 is 0.850 bits per heavy atom. The molecule has 2 fully saturated rings. The van der Waals surface area contributed by atoms with E-state index in [4.69, 9.17) is 9.47 Å². The Labute approximate surface area is 128 Å². The van der Waals surface area contributed by atoms with Crippen molar-refractivity contribution in [2.75, 3.05) is 52.6 Å². The molecule has 2 aliphatic heterocycles. The summed E-state index contributed by atoms with van der Waals surface area (Å²) < 4.78 is 12.2. The highest BCUT2D eigenvalue weighted by molar-refractivity contribution is 9.10. The van der Waals surface area contributed by atoms with Crippen LogP contribution in [0.4, 0.5) is 0 Å². The number of hydrogen-bond acceptors (Lipinski definition) is 4. The summed E-state index contributed by atoms with van der Waals surface area (Å²) in [5.74, 6) is 0. The van der Waals surface area contributed by atoms with Crippen molar-refractivity contribution in [3.05, 3.63) is 34.3 Å². The van der Waals surface area contributed by atoms with Gasteiger partial charge in [-0.1, -0.05) is 34.1 Å². The van der Waals surface area contributed by atoms with E-state index in [2.05, 4.69) is 50.0 Å². The summed E-state index contributed by atoms with van der Waals surface area (Å²) in [5.41, 5.74) is 1.34. The molecule has 20 heavy (non-hydrogen) atoms. The van der Waals surface area contributed by atoms with Gasteiger partial charge in [0.15, 0.2) is 0 Å². The standard InChI is InChI=1S/C15H21BrN2O2/c16-14-4-2-1-3-13(14)15(17-5-9-19-10-6-17)18-7-11-20-12-8-18/h1-4,15H,5-12H2. The van der Waals surface area contributed by atoms with Gasteiger partial charge in [0.05, 0.1) is 32.6 Å². The minimum Gasteiger partial charge on any atom is -0.379 e. The maximum Gasteiger partial charge on any atom is 0.0900 e. The van der Waals surface area contributed by atoms with Crippen molar-refractivity contribution < 1.29 is 9.47 Å². The van der Waals surface area contributed by atoms with Gasteiger partial charge >= 0.3 is 0 Å². The van der Waals surface area contributed by atoms with E-state index in [1.807, 2.05) is 0 Å². The highest BCUT2D eigenvalue weighted by Crippen LogP contribution is 2.31. The highest BCUT2D eigenvalue weighted by atomic mass is 79.9. The third kappa shape index (κ3) is 3.23. The summed E-state index contributed by atoms with van der Waals surface area (Å²) in [7, 11) is 0. The lowest BCUT2D eigenvalue weighted by atomic mass is 10.1. The smallest absolute Gasteiger partial charge is 0.0900 e. The van der Waals surface area contributed by atoms with Crippen LogP contribution >= 0.6 is 15.9 Å². The van der Waals surface area contributed by atoms with Crippen molar-refractivity contribution in [3.8, 4) is 0 Å². The summed E-state index contributed by atoms with van der Waals surface area (Å²) in [6.45, 7) is 7.26. The van der Waals surface area contributed by atoms with Gasteiger partial charge in [-0.15, -0.1) is 0 Å². The molecule has 0 atom stereocenters. The first-order valence-electron chi connectivity index (χ1n) is 7.24. The van der Waals surface area contributed by atoms with Crippen molar-refractivity contribution in [1.29, 1.82) is 0 Å². The van der Waals surface area contributed by atoms with Gasteiger partial charge in [0.25, 0.3) is 0 Å². The van der Waals surface area contributed by atoms with E-state index in [-0.39, 0.29) is 0 Å². The Bertz CT molecular complexity index is 414. The van der Waals surface area contributed by atoms with Crippen molar-refractivity contribution in [2.45, 2.75) is 6.17 Å². The summed E-state index contributed by atoms with van der Waals surface area (Å²) in [6, 6.07) is 8.54. The van der Waals surface area contributed by atoms with Gasteiger partial charge in [-0.05, 0) is 11.6 Å². The van der Waals surface area contributed by atoms with Crippen molar-refractivity contribution in [1.82, 2.24) is 9.80 Å². The number of halogens is 1. The molecular weight excluding hydrogens is 320 g/mol. The Kier molecular flexibility index (Phi) is 5.07. The number of hydrogen-bond donors (Lipinski definition) is 0. The van der Waals surface area contributed by atoms with E-state index in [0.717, 1.165) is 52.6 Å². The Hall–Kier alpha value is -0.460. The van der Waals surface area contributed by atoms with E-state index >= 15 is 0 Å². The first-order valence-corrected chi connectivity index (χ1v) is 8.03. The second kappa shape index (κ2) is 7.00. The van der Waals surface area contributed by atoms with Gasteiger partial charge in [0.1, 0.15) is 0 Å². The zero-order chi connectivity index (χ0) is 13.8. The third-order valence-electron chi connectivity index (χ3n) is 3.97. The third-order valence-corrected chi connectivity index (χ3v) is 4.69. The Balaban J connectivity index is 1.87. The average Bonchev–Trinajstić information content (AvgIpc) is 2.52. The van der Waals surface area contributed by atoms with Gasteiger partial charge in [-0.3, -0.25) is 9.80 Å². The van der Waals surface area contributed by atoms with Crippen molar-refractivity contribution in [2.24, 2.45) is 0 Å². The van der Waals surface area contributed by atoms with E-state index in [9.17, 15) is 0 Å². The molecule has 0 unspecified atom stereocenters. The lowest BCUT2D eigenvalue weighted by Gasteiger charge is -2.43. The molecule has 1 aromatic carbocycles. The van der Waals surface area contributed by atoms with Gasteiger partial charge in [0, 0.05) is 30.7 Å². The molecule has 0 amide bonds. The normalized spacial score (nSPS) is 22.3. The van der Waals surface area contributed by atoms with Gasteiger partial charge in [0.2, 0.25) is 0 Å². The van der Waals surface area contributed by atoms with E-state index in [0.29, 0.717) is 6.17 Å². The number of rotatable bonds is 3. The molecule has 0 aliphatic carbocycles. The zero-order valence-electron chi connectivity index (χ0n) is 11.6. The SMILES string of the molecule is Brc1ccccc1C(N1CCOCC1)N1CCOCC1. The molecule has 4 nitrogen and oxygen atoms in total. The molecule has 0 radical (unpaired) electrons. The topological polar surface area (TPSA) is 24.9 Å². The minimum absolute atomic E-state index is 0.318. The van der Waals surface area contributed by atoms with Crippen LogP contribution in [0.15, 0.2) is 28.7 Å². The van der Waals surface area contributed by atoms with Crippen LogP contribution in [-0.2, 0) is 9.47 Å². The van der Waals surface area contributed by atoms with E-state index in [1.54, 1.807) is 0 Å². The molecule has 2 saturated heterocycles. The fourth-order valence-corrected chi connectivity index (χ4v) is 3.44. The summed E-state index contributed by atoms with van der Waals surface area (Å²) in [6.07, 6.45) is 0.318. The summed E-state index contributed by atoms with van der Waals surface area (Å²) in [4.78, 5) is 5.05. The fraction of sp³-hybridized carbons (Fsp3) is 0.600. The van der Waals surface area contributed by atoms with Gasteiger partial charge in [-0.25, -0.2) is 0 Å². The van der Waals surface area contributed by atoms with Crippen LogP contribution in [0.2, 0.25) is 0 Å². The van der Waals surface area contributed by atoms with Gasteiger partial charge < -0.3 is 9.47 Å². The number of nitrogens with zero attached hydrogens (tertiary/aromatic N) is 2. The summed E-state index contributed by atoms with van der Waals surface area (Å²) in [5, 5.41) is 0. The van der Waals surface area contributed by atoms with Crippen LogP contribution in [0.5, 0.6) is 0 Å². The van der Waals surface area contributed by atoms with Crippen LogP contribution in [0.1, 0.15) is 11.7 Å². The van der Waals surface area contributed by atoms with Crippen LogP contribution in [0.3, 0.4) is 0 Å². The molecular formula is C15H21BrN2O2. The lowest BCUT2D eigenvalue weighted by molar-refractivity contribution is -0.0678. The monoisotopic (exact) mass is 340 g/mol. The first kappa shape index (κ1) is 14.5. The maximum atomic E-state index is 5.51. The van der Waals surface area contributed by atoms with E-state index < -0.39 is 0 Å².